The predicted octanol–water partition coefficient (Wildman–Crippen LogP) is 7.87. The number of alkyl halides is 2. The van der Waals surface area contributed by atoms with Crippen molar-refractivity contribution in [1.82, 2.24) is 4.90 Å². The topological polar surface area (TPSA) is 15.6 Å². The first kappa shape index (κ1) is 25.1. The van der Waals surface area contributed by atoms with E-state index in [9.17, 15) is 8.78 Å². The molecule has 2 atom stereocenters. The Labute approximate surface area is 198 Å². The van der Waals surface area contributed by atoms with E-state index in [1.54, 1.807) is 6.92 Å². The van der Waals surface area contributed by atoms with Gasteiger partial charge in [-0.15, -0.1) is 0 Å². The lowest BCUT2D eigenvalue weighted by Crippen LogP contribution is -2.34. The Hall–Kier alpha value is -2.49. The van der Waals surface area contributed by atoms with Gasteiger partial charge in [0.2, 0.25) is 0 Å². The Bertz CT molecular complexity index is 997. The van der Waals surface area contributed by atoms with E-state index in [0.717, 1.165) is 76.3 Å². The standard InChI is InChI=1S/C29H38F2N2/c1-7-8-10-23(19(2)3)13-20(4)28-17-27-25(14-21(5)30)15-24(16-29(27)32-28)22(6)33-12-9-11-26(31)18-33/h10,13,15-16,21,26H,2,6-9,11-12,14,17-18H2,1,3-5H3/b20-13+,23-10-. The molecule has 2 aliphatic heterocycles. The molecule has 0 bridgehead atoms. The number of hydrogen-bond donors (Lipinski definition) is 0. The van der Waals surface area contributed by atoms with Gasteiger partial charge in [-0.2, -0.15) is 0 Å². The molecule has 2 aliphatic rings. The SMILES string of the molecule is C=C(C)C(=C\CCC)/C=C(\C)C1=Nc2cc(C(=C)N3CCCC(F)C3)cc(CC(C)F)c2C1. The van der Waals surface area contributed by atoms with Crippen molar-refractivity contribution in [2.75, 3.05) is 13.1 Å². The summed E-state index contributed by atoms with van der Waals surface area (Å²) in [6, 6.07) is 4.08. The summed E-state index contributed by atoms with van der Waals surface area (Å²) in [5, 5.41) is 0. The van der Waals surface area contributed by atoms with Crippen LogP contribution in [0.3, 0.4) is 0 Å². The molecule has 0 saturated carbocycles. The normalized spacial score (nSPS) is 19.9. The molecule has 1 aromatic carbocycles. The fourth-order valence-electron chi connectivity index (χ4n) is 4.58. The number of piperidine rings is 1. The lowest BCUT2D eigenvalue weighted by Gasteiger charge is -2.32. The minimum absolute atomic E-state index is 0.341. The Balaban J connectivity index is 1.94. The molecule has 4 heteroatoms. The van der Waals surface area contributed by atoms with Crippen LogP contribution in [0.25, 0.3) is 5.70 Å². The Kier molecular flexibility index (Phi) is 8.45. The van der Waals surface area contributed by atoms with E-state index in [0.29, 0.717) is 25.8 Å². The number of nitrogens with zero attached hydrogens (tertiary/aromatic N) is 2. The van der Waals surface area contributed by atoms with Crippen LogP contribution in [-0.4, -0.2) is 36.0 Å². The van der Waals surface area contributed by atoms with Crippen molar-refractivity contribution in [2.45, 2.75) is 78.6 Å². The molecule has 0 aliphatic carbocycles. The molecular formula is C29H38F2N2. The van der Waals surface area contributed by atoms with E-state index < -0.39 is 12.3 Å². The van der Waals surface area contributed by atoms with Gasteiger partial charge in [-0.25, -0.2) is 8.78 Å². The molecule has 33 heavy (non-hydrogen) atoms. The summed E-state index contributed by atoms with van der Waals surface area (Å²) < 4.78 is 28.1. The highest BCUT2D eigenvalue weighted by atomic mass is 19.1. The third kappa shape index (κ3) is 6.31. The number of unbranched alkanes of at least 4 members (excludes halogenated alkanes) is 1. The zero-order chi connectivity index (χ0) is 24.1. The Morgan fingerprint density at radius 2 is 2.06 bits per heavy atom. The third-order valence-corrected chi connectivity index (χ3v) is 6.47. The van der Waals surface area contributed by atoms with Gasteiger partial charge in [-0.3, -0.25) is 4.99 Å². The van der Waals surface area contributed by atoms with Gasteiger partial charge in [0, 0.05) is 37.3 Å². The Morgan fingerprint density at radius 1 is 1.30 bits per heavy atom. The maximum absolute atomic E-state index is 14.1. The molecule has 2 unspecified atom stereocenters. The highest BCUT2D eigenvalue weighted by Gasteiger charge is 2.25. The molecule has 0 amide bonds. The number of benzene rings is 1. The van der Waals surface area contributed by atoms with Crippen molar-refractivity contribution in [3.63, 3.8) is 0 Å². The fraction of sp³-hybridized carbons (Fsp3) is 0.483. The molecule has 1 aromatic rings. The molecule has 1 fully saturated rings. The number of rotatable bonds is 9. The molecule has 0 spiro atoms. The molecular weight excluding hydrogens is 414 g/mol. The molecule has 0 N–H and O–H groups in total. The first-order valence-corrected chi connectivity index (χ1v) is 12.2. The molecule has 0 radical (unpaired) electrons. The summed E-state index contributed by atoms with van der Waals surface area (Å²) in [5.74, 6) is 0. The summed E-state index contributed by atoms with van der Waals surface area (Å²) in [7, 11) is 0. The van der Waals surface area contributed by atoms with Crippen molar-refractivity contribution >= 4 is 17.1 Å². The Morgan fingerprint density at radius 3 is 2.70 bits per heavy atom. The summed E-state index contributed by atoms with van der Waals surface area (Å²) in [6.45, 7) is 17.4. The monoisotopic (exact) mass is 452 g/mol. The van der Waals surface area contributed by atoms with E-state index in [1.807, 2.05) is 24.0 Å². The van der Waals surface area contributed by atoms with Gasteiger partial charge in [0.05, 0.1) is 5.69 Å². The number of halogens is 2. The maximum Gasteiger partial charge on any atom is 0.118 e. The van der Waals surface area contributed by atoms with E-state index >= 15 is 0 Å². The van der Waals surface area contributed by atoms with Crippen LogP contribution in [0.1, 0.15) is 70.1 Å². The lowest BCUT2D eigenvalue weighted by atomic mass is 9.93. The lowest BCUT2D eigenvalue weighted by molar-refractivity contribution is 0.188. The zero-order valence-corrected chi connectivity index (χ0v) is 20.7. The van der Waals surface area contributed by atoms with Gasteiger partial charge in [0.1, 0.15) is 12.3 Å². The van der Waals surface area contributed by atoms with Crippen molar-refractivity contribution in [3.8, 4) is 0 Å². The van der Waals surface area contributed by atoms with Gasteiger partial charge < -0.3 is 4.90 Å². The third-order valence-electron chi connectivity index (χ3n) is 6.47. The highest BCUT2D eigenvalue weighted by molar-refractivity contribution is 6.06. The van der Waals surface area contributed by atoms with Gasteiger partial charge >= 0.3 is 0 Å². The second-order valence-electron chi connectivity index (χ2n) is 9.54. The minimum atomic E-state index is -0.949. The predicted molar refractivity (Wildman–Crippen MR) is 138 cm³/mol. The molecule has 0 aromatic heterocycles. The molecule has 3 rings (SSSR count). The van der Waals surface area contributed by atoms with Crippen LogP contribution < -0.4 is 0 Å². The number of fused-ring (bicyclic) bond motifs is 1. The number of likely N-dealkylation sites (tertiary alicyclic amines) is 1. The van der Waals surface area contributed by atoms with Gasteiger partial charge in [0.25, 0.3) is 0 Å². The minimum Gasteiger partial charge on any atom is -0.369 e. The van der Waals surface area contributed by atoms with Gasteiger partial charge in [-0.1, -0.05) is 44.2 Å². The van der Waals surface area contributed by atoms with Crippen LogP contribution in [0.5, 0.6) is 0 Å². The molecule has 2 heterocycles. The molecule has 2 nitrogen and oxygen atoms in total. The number of allylic oxidation sites excluding steroid dienone is 5. The first-order chi connectivity index (χ1) is 15.7. The van der Waals surface area contributed by atoms with Crippen LogP contribution in [0.2, 0.25) is 0 Å². The molecule has 178 valence electrons. The average molecular weight is 453 g/mol. The maximum atomic E-state index is 14.1. The summed E-state index contributed by atoms with van der Waals surface area (Å²) >= 11 is 0. The number of aliphatic imine (C=N–C) groups is 1. The van der Waals surface area contributed by atoms with Crippen LogP contribution in [0, 0.1) is 0 Å². The smallest absolute Gasteiger partial charge is 0.118 e. The fourth-order valence-corrected chi connectivity index (χ4v) is 4.58. The second-order valence-corrected chi connectivity index (χ2v) is 9.54. The highest BCUT2D eigenvalue weighted by Crippen LogP contribution is 2.37. The first-order valence-electron chi connectivity index (χ1n) is 12.2. The quantitative estimate of drug-likeness (QED) is 0.348. The van der Waals surface area contributed by atoms with Crippen LogP contribution in [0.4, 0.5) is 14.5 Å². The van der Waals surface area contributed by atoms with Crippen LogP contribution in [0.15, 0.2) is 59.2 Å². The van der Waals surface area contributed by atoms with Crippen molar-refractivity contribution in [3.05, 3.63) is 70.9 Å². The number of hydrogen-bond acceptors (Lipinski definition) is 2. The van der Waals surface area contributed by atoms with E-state index in [4.69, 9.17) is 4.99 Å². The largest absolute Gasteiger partial charge is 0.369 e. The van der Waals surface area contributed by atoms with Crippen LogP contribution >= 0.6 is 0 Å². The molecule has 1 saturated heterocycles. The zero-order valence-electron chi connectivity index (χ0n) is 20.7. The van der Waals surface area contributed by atoms with Crippen LogP contribution in [-0.2, 0) is 12.8 Å². The second kappa shape index (κ2) is 11.1. The summed E-state index contributed by atoms with van der Waals surface area (Å²) in [4.78, 5) is 6.97. The van der Waals surface area contributed by atoms with Crippen molar-refractivity contribution in [2.24, 2.45) is 4.99 Å². The van der Waals surface area contributed by atoms with Crippen molar-refractivity contribution in [1.29, 1.82) is 0 Å². The summed E-state index contributed by atoms with van der Waals surface area (Å²) in [5.41, 5.74) is 8.96. The summed E-state index contributed by atoms with van der Waals surface area (Å²) in [6.07, 6.45) is 7.19. The van der Waals surface area contributed by atoms with Gasteiger partial charge in [0.15, 0.2) is 0 Å². The van der Waals surface area contributed by atoms with Crippen molar-refractivity contribution < 1.29 is 8.78 Å². The van der Waals surface area contributed by atoms with E-state index in [-0.39, 0.29) is 0 Å². The van der Waals surface area contributed by atoms with E-state index in [1.165, 1.54) is 0 Å². The van der Waals surface area contributed by atoms with Gasteiger partial charge in [-0.05, 0) is 80.0 Å². The van der Waals surface area contributed by atoms with E-state index in [2.05, 4.69) is 39.2 Å². The average Bonchev–Trinajstić information content (AvgIpc) is 3.20.